The summed E-state index contributed by atoms with van der Waals surface area (Å²) in [5, 5.41) is 0. The highest BCUT2D eigenvalue weighted by atomic mass is 16.5. The van der Waals surface area contributed by atoms with E-state index >= 15 is 0 Å². The molecule has 1 saturated heterocycles. The van der Waals surface area contributed by atoms with Crippen LogP contribution in [-0.2, 0) is 11.3 Å². The Balaban J connectivity index is 1.87. The fourth-order valence-electron chi connectivity index (χ4n) is 3.51. The first-order valence-electron chi connectivity index (χ1n) is 8.78. The van der Waals surface area contributed by atoms with Gasteiger partial charge in [-0.1, -0.05) is 12.1 Å². The number of benzene rings is 2. The van der Waals surface area contributed by atoms with Crippen LogP contribution in [0.2, 0.25) is 0 Å². The Morgan fingerprint density at radius 3 is 2.50 bits per heavy atom. The maximum atomic E-state index is 13.1. The molecule has 5 heteroatoms. The summed E-state index contributed by atoms with van der Waals surface area (Å²) in [6.07, 6.45) is 1.88. The van der Waals surface area contributed by atoms with Crippen LogP contribution in [0.5, 0.6) is 11.5 Å². The van der Waals surface area contributed by atoms with Crippen LogP contribution in [0, 0.1) is 0 Å². The highest BCUT2D eigenvalue weighted by Crippen LogP contribution is 2.39. The molecule has 1 amide bonds. The number of hydrogen-bond acceptors (Lipinski definition) is 4. The molecule has 0 aliphatic carbocycles. The first-order valence-corrected chi connectivity index (χ1v) is 8.78. The zero-order valence-electron chi connectivity index (χ0n) is 15.5. The number of ether oxygens (including phenoxy) is 3. The van der Waals surface area contributed by atoms with Gasteiger partial charge < -0.3 is 19.1 Å². The molecule has 1 unspecified atom stereocenters. The van der Waals surface area contributed by atoms with Crippen LogP contribution in [0.1, 0.15) is 40.4 Å². The van der Waals surface area contributed by atoms with E-state index in [2.05, 4.69) is 0 Å². The van der Waals surface area contributed by atoms with Gasteiger partial charge in [-0.05, 0) is 48.7 Å². The Hall–Kier alpha value is -2.53. The second kappa shape index (κ2) is 8.23. The minimum Gasteiger partial charge on any atom is -0.497 e. The maximum Gasteiger partial charge on any atom is 0.254 e. The second-order valence-electron chi connectivity index (χ2n) is 6.39. The Morgan fingerprint density at radius 1 is 1.08 bits per heavy atom. The number of amides is 1. The molecule has 1 atom stereocenters. The van der Waals surface area contributed by atoms with Gasteiger partial charge in [-0.2, -0.15) is 0 Å². The minimum absolute atomic E-state index is 0.00815. The number of carbonyl (C=O) groups excluding carboxylic acids is 1. The summed E-state index contributed by atoms with van der Waals surface area (Å²) in [5.41, 5.74) is 2.74. The number of likely N-dealkylation sites (tertiary alicyclic amines) is 1. The van der Waals surface area contributed by atoms with E-state index in [0.29, 0.717) is 12.2 Å². The van der Waals surface area contributed by atoms with E-state index in [1.165, 1.54) is 0 Å². The van der Waals surface area contributed by atoms with E-state index in [0.717, 1.165) is 42.0 Å². The highest BCUT2D eigenvalue weighted by Gasteiger charge is 2.32. The van der Waals surface area contributed by atoms with Crippen molar-refractivity contribution in [2.45, 2.75) is 25.5 Å². The maximum absolute atomic E-state index is 13.1. The smallest absolute Gasteiger partial charge is 0.254 e. The zero-order chi connectivity index (χ0) is 18.5. The van der Waals surface area contributed by atoms with Gasteiger partial charge in [-0.25, -0.2) is 0 Å². The van der Waals surface area contributed by atoms with Crippen LogP contribution in [0.4, 0.5) is 0 Å². The first kappa shape index (κ1) is 18.3. The molecule has 0 aromatic heterocycles. The third-order valence-corrected chi connectivity index (χ3v) is 4.82. The molecule has 0 N–H and O–H groups in total. The van der Waals surface area contributed by atoms with Gasteiger partial charge in [0.1, 0.15) is 11.5 Å². The number of rotatable bonds is 6. The summed E-state index contributed by atoms with van der Waals surface area (Å²) in [7, 11) is 4.96. The van der Waals surface area contributed by atoms with Gasteiger partial charge >= 0.3 is 0 Å². The zero-order valence-corrected chi connectivity index (χ0v) is 15.5. The van der Waals surface area contributed by atoms with Crippen molar-refractivity contribution in [3.63, 3.8) is 0 Å². The topological polar surface area (TPSA) is 48.0 Å². The molecule has 0 saturated carbocycles. The van der Waals surface area contributed by atoms with Gasteiger partial charge in [0.05, 0.1) is 26.9 Å². The Labute approximate surface area is 154 Å². The first-order chi connectivity index (χ1) is 12.7. The van der Waals surface area contributed by atoms with Crippen LogP contribution < -0.4 is 9.47 Å². The SMILES string of the molecule is COCc1ccc(C(=O)N2CCCC2c2cc(OC)ccc2OC)cc1. The third kappa shape index (κ3) is 3.68. The van der Waals surface area contributed by atoms with Gasteiger partial charge in [0, 0.05) is 24.8 Å². The Kier molecular flexibility index (Phi) is 5.78. The largest absolute Gasteiger partial charge is 0.497 e. The molecule has 2 aromatic carbocycles. The number of nitrogens with zero attached hydrogens (tertiary/aromatic N) is 1. The lowest BCUT2D eigenvalue weighted by Crippen LogP contribution is -2.30. The van der Waals surface area contributed by atoms with E-state index < -0.39 is 0 Å². The number of carbonyl (C=O) groups is 1. The molecular formula is C21H25NO4. The molecule has 0 bridgehead atoms. The van der Waals surface area contributed by atoms with Crippen molar-refractivity contribution in [1.29, 1.82) is 0 Å². The van der Waals surface area contributed by atoms with Gasteiger partial charge in [0.15, 0.2) is 0 Å². The molecule has 0 radical (unpaired) electrons. The predicted molar refractivity (Wildman–Crippen MR) is 99.7 cm³/mol. The van der Waals surface area contributed by atoms with Crippen molar-refractivity contribution in [3.8, 4) is 11.5 Å². The molecule has 1 aliphatic rings. The molecule has 2 aromatic rings. The molecule has 1 heterocycles. The van der Waals surface area contributed by atoms with Crippen molar-refractivity contribution in [3.05, 3.63) is 59.2 Å². The monoisotopic (exact) mass is 355 g/mol. The van der Waals surface area contributed by atoms with E-state index in [9.17, 15) is 4.79 Å². The normalized spacial score (nSPS) is 16.6. The lowest BCUT2D eigenvalue weighted by Gasteiger charge is -2.27. The van der Waals surface area contributed by atoms with Crippen LogP contribution in [0.15, 0.2) is 42.5 Å². The van der Waals surface area contributed by atoms with Crippen molar-refractivity contribution in [1.82, 2.24) is 4.90 Å². The van der Waals surface area contributed by atoms with E-state index in [1.807, 2.05) is 47.4 Å². The number of methoxy groups -OCH3 is 3. The van der Waals surface area contributed by atoms with Crippen molar-refractivity contribution in [2.75, 3.05) is 27.9 Å². The lowest BCUT2D eigenvalue weighted by atomic mass is 10.0. The fourth-order valence-corrected chi connectivity index (χ4v) is 3.51. The van der Waals surface area contributed by atoms with Crippen LogP contribution >= 0.6 is 0 Å². The van der Waals surface area contributed by atoms with Gasteiger partial charge in [0.2, 0.25) is 0 Å². The minimum atomic E-state index is -0.00815. The van der Waals surface area contributed by atoms with Gasteiger partial charge in [-0.3, -0.25) is 4.79 Å². The molecule has 5 nitrogen and oxygen atoms in total. The predicted octanol–water partition coefficient (Wildman–Crippen LogP) is 3.83. The molecular weight excluding hydrogens is 330 g/mol. The molecule has 0 spiro atoms. The number of hydrogen-bond donors (Lipinski definition) is 0. The average Bonchev–Trinajstić information content (AvgIpc) is 3.17. The van der Waals surface area contributed by atoms with Crippen molar-refractivity contribution in [2.24, 2.45) is 0 Å². The summed E-state index contributed by atoms with van der Waals surface area (Å²) in [4.78, 5) is 15.0. The summed E-state index contributed by atoms with van der Waals surface area (Å²) in [6, 6.07) is 13.3. The lowest BCUT2D eigenvalue weighted by molar-refractivity contribution is 0.0734. The van der Waals surface area contributed by atoms with Crippen LogP contribution in [-0.4, -0.2) is 38.7 Å². The third-order valence-electron chi connectivity index (χ3n) is 4.82. The van der Waals surface area contributed by atoms with E-state index in [-0.39, 0.29) is 11.9 Å². The molecule has 1 fully saturated rings. The highest BCUT2D eigenvalue weighted by molar-refractivity contribution is 5.94. The summed E-state index contributed by atoms with van der Waals surface area (Å²) < 4.78 is 16.0. The molecule has 26 heavy (non-hydrogen) atoms. The standard InChI is InChI=1S/C21H25NO4/c1-24-14-15-6-8-16(9-7-15)21(23)22-12-4-5-19(22)18-13-17(25-2)10-11-20(18)26-3/h6-11,13,19H,4-5,12,14H2,1-3H3. The summed E-state index contributed by atoms with van der Waals surface area (Å²) in [6.45, 7) is 1.28. The summed E-state index contributed by atoms with van der Waals surface area (Å²) >= 11 is 0. The van der Waals surface area contributed by atoms with Gasteiger partial charge in [-0.15, -0.1) is 0 Å². The molecule has 1 aliphatic heterocycles. The average molecular weight is 355 g/mol. The van der Waals surface area contributed by atoms with Crippen molar-refractivity contribution < 1.29 is 19.0 Å². The van der Waals surface area contributed by atoms with E-state index in [4.69, 9.17) is 14.2 Å². The van der Waals surface area contributed by atoms with Gasteiger partial charge in [0.25, 0.3) is 5.91 Å². The van der Waals surface area contributed by atoms with Crippen molar-refractivity contribution >= 4 is 5.91 Å². The van der Waals surface area contributed by atoms with E-state index in [1.54, 1.807) is 21.3 Å². The Bertz CT molecular complexity index is 757. The molecule has 3 rings (SSSR count). The fraction of sp³-hybridized carbons (Fsp3) is 0.381. The van der Waals surface area contributed by atoms with Crippen LogP contribution in [0.25, 0.3) is 0 Å². The second-order valence-corrected chi connectivity index (χ2v) is 6.39. The molecule has 138 valence electrons. The summed E-state index contributed by atoms with van der Waals surface area (Å²) in [5.74, 6) is 1.59. The Morgan fingerprint density at radius 2 is 1.85 bits per heavy atom. The quantitative estimate of drug-likeness (QED) is 0.790. The van der Waals surface area contributed by atoms with Crippen LogP contribution in [0.3, 0.4) is 0 Å².